The minimum absolute atomic E-state index is 0.146. The lowest BCUT2D eigenvalue weighted by Crippen LogP contribution is -2.44. The number of ether oxygens (including phenoxy) is 3. The first-order chi connectivity index (χ1) is 14.9. The summed E-state index contributed by atoms with van der Waals surface area (Å²) in [6, 6.07) is 19.2. The van der Waals surface area contributed by atoms with Gasteiger partial charge in [-0.15, -0.1) is 0 Å². The van der Waals surface area contributed by atoms with Gasteiger partial charge in [-0.25, -0.2) is 0 Å². The second-order valence-corrected chi connectivity index (χ2v) is 8.02. The van der Waals surface area contributed by atoms with Gasteiger partial charge < -0.3 is 24.4 Å². The molecular weight excluding hydrogens is 400 g/mol. The van der Waals surface area contributed by atoms with E-state index < -0.39 is 35.7 Å². The molecule has 2 aromatic rings. The highest BCUT2D eigenvalue weighted by Crippen LogP contribution is 2.41. The Morgan fingerprint density at radius 2 is 1.45 bits per heavy atom. The average Bonchev–Trinajstić information content (AvgIpc) is 2.97. The third-order valence-corrected chi connectivity index (χ3v) is 5.45. The number of carboxylic acid groups (broad SMARTS) is 2. The van der Waals surface area contributed by atoms with Crippen LogP contribution in [0.4, 0.5) is 0 Å². The molecule has 0 amide bonds. The van der Waals surface area contributed by atoms with Crippen LogP contribution in [0.5, 0.6) is 0 Å². The minimum atomic E-state index is -1.04. The van der Waals surface area contributed by atoms with Crippen LogP contribution in [0.1, 0.15) is 30.9 Å². The predicted octanol–water partition coefficient (Wildman–Crippen LogP) is 3.51. The molecule has 2 aromatic carbocycles. The molecule has 31 heavy (non-hydrogen) atoms. The lowest BCUT2D eigenvalue weighted by molar-refractivity contribution is -0.149. The molecule has 0 bridgehead atoms. The molecule has 1 saturated heterocycles. The number of rotatable bonds is 11. The highest BCUT2D eigenvalue weighted by atomic mass is 16.6. The number of hydrogen-bond donors (Lipinski definition) is 2. The molecule has 3 rings (SSSR count). The fourth-order valence-corrected chi connectivity index (χ4v) is 4.08. The van der Waals surface area contributed by atoms with Gasteiger partial charge in [-0.2, -0.15) is 0 Å². The maximum Gasteiger partial charge on any atom is 0.305 e. The van der Waals surface area contributed by atoms with Crippen LogP contribution in [0.25, 0.3) is 0 Å². The highest BCUT2D eigenvalue weighted by molar-refractivity contribution is 5.69. The Morgan fingerprint density at radius 1 is 0.903 bits per heavy atom. The van der Waals surface area contributed by atoms with Gasteiger partial charge >= 0.3 is 11.9 Å². The highest BCUT2D eigenvalue weighted by Gasteiger charge is 2.54. The monoisotopic (exact) mass is 428 g/mol. The van der Waals surface area contributed by atoms with E-state index in [2.05, 4.69) is 0 Å². The topological polar surface area (TPSA) is 102 Å². The number of carboxylic acids is 2. The molecule has 1 fully saturated rings. The molecule has 7 heteroatoms. The van der Waals surface area contributed by atoms with Crippen LogP contribution in [-0.4, -0.2) is 46.6 Å². The van der Waals surface area contributed by atoms with Crippen molar-refractivity contribution in [1.82, 2.24) is 0 Å². The molecule has 7 nitrogen and oxygen atoms in total. The Kier molecular flexibility index (Phi) is 7.79. The average molecular weight is 428 g/mol. The number of carbonyl (C=O) groups is 2. The zero-order valence-corrected chi connectivity index (χ0v) is 17.5. The van der Waals surface area contributed by atoms with Crippen molar-refractivity contribution in [2.45, 2.75) is 50.8 Å². The van der Waals surface area contributed by atoms with Gasteiger partial charge in [-0.1, -0.05) is 60.7 Å². The Morgan fingerprint density at radius 3 is 2.00 bits per heavy atom. The molecule has 0 saturated carbocycles. The Labute approximate surface area is 181 Å². The predicted molar refractivity (Wildman–Crippen MR) is 112 cm³/mol. The second kappa shape index (κ2) is 10.5. The summed E-state index contributed by atoms with van der Waals surface area (Å²) in [5, 5.41) is 18.7. The molecule has 1 heterocycles. The maximum absolute atomic E-state index is 11.5. The van der Waals surface area contributed by atoms with E-state index in [9.17, 15) is 19.8 Å². The molecule has 0 aromatic heterocycles. The van der Waals surface area contributed by atoms with E-state index in [1.165, 1.54) is 0 Å². The van der Waals surface area contributed by atoms with Crippen LogP contribution < -0.4 is 0 Å². The van der Waals surface area contributed by atoms with E-state index in [4.69, 9.17) is 14.2 Å². The number of benzene rings is 2. The van der Waals surface area contributed by atoms with Crippen molar-refractivity contribution in [3.05, 3.63) is 71.8 Å². The van der Waals surface area contributed by atoms with Gasteiger partial charge in [0.05, 0.1) is 44.9 Å². The van der Waals surface area contributed by atoms with E-state index in [0.29, 0.717) is 6.61 Å². The lowest BCUT2D eigenvalue weighted by atomic mass is 9.86. The van der Waals surface area contributed by atoms with Crippen molar-refractivity contribution in [2.75, 3.05) is 6.61 Å². The second-order valence-electron chi connectivity index (χ2n) is 8.02. The molecule has 0 radical (unpaired) electrons. The standard InChI is InChI=1S/C24H28O7/c1-24(16-29-14-17-8-4-2-5-9-17)23(30-15-18-10-6-3-7-11-18)19(12-21(25)26)20(31-24)13-22(27)28/h2-11,19-20,23H,12-16H2,1H3,(H,25,26)(H,27,28)/t19-,20-,23+,24-/m1/s1. The first-order valence-corrected chi connectivity index (χ1v) is 10.3. The van der Waals surface area contributed by atoms with Crippen molar-refractivity contribution in [2.24, 2.45) is 5.92 Å². The first kappa shape index (κ1) is 22.9. The molecule has 4 atom stereocenters. The van der Waals surface area contributed by atoms with Crippen LogP contribution in [0.2, 0.25) is 0 Å². The molecule has 2 N–H and O–H groups in total. The fourth-order valence-electron chi connectivity index (χ4n) is 4.08. The van der Waals surface area contributed by atoms with Crippen molar-refractivity contribution in [3.63, 3.8) is 0 Å². The molecule has 0 unspecified atom stereocenters. The zero-order chi connectivity index (χ0) is 22.3. The summed E-state index contributed by atoms with van der Waals surface area (Å²) < 4.78 is 18.2. The van der Waals surface area contributed by atoms with Crippen LogP contribution in [0.15, 0.2) is 60.7 Å². The van der Waals surface area contributed by atoms with Crippen molar-refractivity contribution in [1.29, 1.82) is 0 Å². The van der Waals surface area contributed by atoms with Crippen LogP contribution in [-0.2, 0) is 37.0 Å². The summed E-state index contributed by atoms with van der Waals surface area (Å²) in [7, 11) is 0. The molecule has 0 aliphatic carbocycles. The summed E-state index contributed by atoms with van der Waals surface area (Å²) in [5.74, 6) is -2.67. The third-order valence-electron chi connectivity index (χ3n) is 5.45. The normalized spacial score (nSPS) is 25.4. The molecular formula is C24H28O7. The first-order valence-electron chi connectivity index (χ1n) is 10.3. The van der Waals surface area contributed by atoms with E-state index in [-0.39, 0.29) is 26.1 Å². The van der Waals surface area contributed by atoms with E-state index in [1.54, 1.807) is 6.92 Å². The van der Waals surface area contributed by atoms with Gasteiger partial charge in [-0.05, 0) is 18.1 Å². The fraction of sp³-hybridized carbons (Fsp3) is 0.417. The van der Waals surface area contributed by atoms with E-state index in [1.807, 2.05) is 60.7 Å². The quantitative estimate of drug-likeness (QED) is 0.565. The smallest absolute Gasteiger partial charge is 0.305 e. The summed E-state index contributed by atoms with van der Waals surface area (Å²) >= 11 is 0. The zero-order valence-electron chi connectivity index (χ0n) is 17.5. The molecule has 0 spiro atoms. The minimum Gasteiger partial charge on any atom is -0.481 e. The molecule has 1 aliphatic heterocycles. The molecule has 166 valence electrons. The summed E-state index contributed by atoms with van der Waals surface area (Å²) in [5.41, 5.74) is 0.949. The van der Waals surface area contributed by atoms with Gasteiger partial charge in [0, 0.05) is 5.92 Å². The van der Waals surface area contributed by atoms with E-state index >= 15 is 0 Å². The summed E-state index contributed by atoms with van der Waals surface area (Å²) in [6.07, 6.45) is -1.95. The Balaban J connectivity index is 1.77. The van der Waals surface area contributed by atoms with Crippen LogP contribution in [0, 0.1) is 5.92 Å². The lowest BCUT2D eigenvalue weighted by Gasteiger charge is -2.32. The Bertz CT molecular complexity index is 855. The van der Waals surface area contributed by atoms with Crippen LogP contribution >= 0.6 is 0 Å². The van der Waals surface area contributed by atoms with Gasteiger partial charge in [0.15, 0.2) is 0 Å². The maximum atomic E-state index is 11.5. The van der Waals surface area contributed by atoms with Crippen molar-refractivity contribution in [3.8, 4) is 0 Å². The van der Waals surface area contributed by atoms with Crippen LogP contribution in [0.3, 0.4) is 0 Å². The molecule has 1 aliphatic rings. The Hall–Kier alpha value is -2.74. The van der Waals surface area contributed by atoms with Gasteiger partial charge in [0.2, 0.25) is 0 Å². The summed E-state index contributed by atoms with van der Waals surface area (Å²) in [4.78, 5) is 22.9. The summed E-state index contributed by atoms with van der Waals surface area (Å²) in [6.45, 7) is 2.56. The largest absolute Gasteiger partial charge is 0.481 e. The van der Waals surface area contributed by atoms with Gasteiger partial charge in [0.25, 0.3) is 0 Å². The van der Waals surface area contributed by atoms with Crippen molar-refractivity contribution >= 4 is 11.9 Å². The van der Waals surface area contributed by atoms with Crippen molar-refractivity contribution < 1.29 is 34.0 Å². The number of aliphatic carboxylic acids is 2. The number of hydrogen-bond acceptors (Lipinski definition) is 5. The third kappa shape index (κ3) is 6.37. The van der Waals surface area contributed by atoms with Gasteiger partial charge in [-0.3, -0.25) is 9.59 Å². The van der Waals surface area contributed by atoms with Gasteiger partial charge in [0.1, 0.15) is 5.60 Å². The SMILES string of the molecule is C[C@]1(COCc2ccccc2)O[C@H](CC(=O)O)[C@@H](CC(=O)O)[C@@H]1OCc1ccccc1. The van der Waals surface area contributed by atoms with E-state index in [0.717, 1.165) is 11.1 Å².